The van der Waals surface area contributed by atoms with E-state index in [-0.39, 0.29) is 23.5 Å². The molecule has 0 spiro atoms. The molecule has 4 aliphatic rings. The maximum Gasteiger partial charge on any atom is 0.187 e. The highest BCUT2D eigenvalue weighted by Gasteiger charge is 2.65. The van der Waals surface area contributed by atoms with E-state index in [1.54, 1.807) is 0 Å². The lowest BCUT2D eigenvalue weighted by atomic mass is 9.46. The summed E-state index contributed by atoms with van der Waals surface area (Å²) >= 11 is 0. The summed E-state index contributed by atoms with van der Waals surface area (Å²) in [5.41, 5.74) is -0.275. The summed E-state index contributed by atoms with van der Waals surface area (Å²) in [6.45, 7) is 13.9. The topological polar surface area (TPSA) is 57.5 Å². The van der Waals surface area contributed by atoms with Crippen molar-refractivity contribution in [3.8, 4) is 0 Å². The molecule has 6 unspecified atom stereocenters. The van der Waals surface area contributed by atoms with Gasteiger partial charge in [0.25, 0.3) is 0 Å². The summed E-state index contributed by atoms with van der Waals surface area (Å²) in [7, 11) is 0. The number of carbonyl (C=O) groups excluding carboxylic acids is 1. The van der Waals surface area contributed by atoms with Gasteiger partial charge in [0.1, 0.15) is 5.60 Å². The fourth-order valence-electron chi connectivity index (χ4n) is 7.96. The zero-order chi connectivity index (χ0) is 22.8. The van der Waals surface area contributed by atoms with Crippen molar-refractivity contribution < 1.29 is 15.0 Å². The van der Waals surface area contributed by atoms with Crippen LogP contribution in [-0.2, 0) is 4.79 Å². The standard InChI is InChI=1S/C28H44O3/c1-17(2)18(3)7-8-19(4)22-9-10-23-21-15-25(30)28(31)16-20(29)11-14-27(28,6)24(21)12-13-26(22,23)5/h7-8,15,17-20,22-24,29,31H,9-14,16H2,1-6H3/b8-7+/t18-,19+,20?,22?,23?,24?,26?,27-,28?/m0/s1. The first-order chi connectivity index (χ1) is 14.4. The monoisotopic (exact) mass is 428 g/mol. The Morgan fingerprint density at radius 3 is 2.39 bits per heavy atom. The number of allylic oxidation sites excluding steroid dienone is 3. The summed E-state index contributed by atoms with van der Waals surface area (Å²) in [6, 6.07) is 0. The summed E-state index contributed by atoms with van der Waals surface area (Å²) in [5.74, 6) is 3.03. The van der Waals surface area contributed by atoms with Gasteiger partial charge in [0.05, 0.1) is 6.10 Å². The van der Waals surface area contributed by atoms with Crippen molar-refractivity contribution in [1.29, 1.82) is 0 Å². The number of fused-ring (bicyclic) bond motifs is 5. The Hall–Kier alpha value is -0.930. The van der Waals surface area contributed by atoms with Gasteiger partial charge in [0, 0.05) is 11.8 Å². The van der Waals surface area contributed by atoms with Crippen LogP contribution in [0.2, 0.25) is 0 Å². The van der Waals surface area contributed by atoms with Gasteiger partial charge in [0.15, 0.2) is 5.78 Å². The second-order valence-electron chi connectivity index (χ2n) is 12.4. The second-order valence-corrected chi connectivity index (χ2v) is 12.4. The van der Waals surface area contributed by atoms with Gasteiger partial charge in [-0.15, -0.1) is 0 Å². The van der Waals surface area contributed by atoms with Crippen molar-refractivity contribution >= 4 is 5.78 Å². The van der Waals surface area contributed by atoms with E-state index in [9.17, 15) is 15.0 Å². The lowest BCUT2D eigenvalue weighted by molar-refractivity contribution is -0.180. The number of hydrogen-bond acceptors (Lipinski definition) is 3. The van der Waals surface area contributed by atoms with Crippen LogP contribution in [0.4, 0.5) is 0 Å². The Kier molecular flexibility index (Phi) is 5.87. The van der Waals surface area contributed by atoms with Crippen LogP contribution in [0.3, 0.4) is 0 Å². The average Bonchev–Trinajstić information content (AvgIpc) is 3.05. The van der Waals surface area contributed by atoms with E-state index in [1.807, 2.05) is 6.08 Å². The highest BCUT2D eigenvalue weighted by atomic mass is 16.3. The summed E-state index contributed by atoms with van der Waals surface area (Å²) in [4.78, 5) is 13.3. The largest absolute Gasteiger partial charge is 0.393 e. The first-order valence-electron chi connectivity index (χ1n) is 12.8. The minimum atomic E-state index is -1.40. The van der Waals surface area contributed by atoms with Gasteiger partial charge >= 0.3 is 0 Å². The van der Waals surface area contributed by atoms with Gasteiger partial charge in [-0.25, -0.2) is 0 Å². The van der Waals surface area contributed by atoms with Gasteiger partial charge in [-0.05, 0) is 85.5 Å². The third-order valence-electron chi connectivity index (χ3n) is 10.5. The molecule has 0 saturated heterocycles. The molecule has 0 radical (unpaired) electrons. The van der Waals surface area contributed by atoms with E-state index in [0.717, 1.165) is 19.3 Å². The third-order valence-corrected chi connectivity index (χ3v) is 10.5. The first kappa shape index (κ1) is 23.2. The molecule has 0 amide bonds. The van der Waals surface area contributed by atoms with Crippen molar-refractivity contribution in [3.63, 3.8) is 0 Å². The van der Waals surface area contributed by atoms with Crippen LogP contribution in [0.15, 0.2) is 23.8 Å². The van der Waals surface area contributed by atoms with Crippen molar-refractivity contribution in [2.45, 2.75) is 98.2 Å². The van der Waals surface area contributed by atoms with Gasteiger partial charge < -0.3 is 10.2 Å². The first-order valence-corrected chi connectivity index (χ1v) is 12.8. The summed E-state index contributed by atoms with van der Waals surface area (Å²) in [6.07, 6.45) is 12.4. The van der Waals surface area contributed by atoms with Crippen molar-refractivity contribution in [2.24, 2.45) is 46.3 Å². The molecule has 0 aromatic heterocycles. The predicted octanol–water partition coefficient (Wildman–Crippen LogP) is 5.70. The average molecular weight is 429 g/mol. The molecule has 31 heavy (non-hydrogen) atoms. The van der Waals surface area contributed by atoms with E-state index in [2.05, 4.69) is 53.7 Å². The molecule has 3 heteroatoms. The van der Waals surface area contributed by atoms with Crippen molar-refractivity contribution in [1.82, 2.24) is 0 Å². The molecular formula is C28H44O3. The highest BCUT2D eigenvalue weighted by molar-refractivity contribution is 5.99. The van der Waals surface area contributed by atoms with Crippen LogP contribution >= 0.6 is 0 Å². The molecule has 4 aliphatic carbocycles. The van der Waals surface area contributed by atoms with Gasteiger partial charge in [0.2, 0.25) is 0 Å². The van der Waals surface area contributed by atoms with Crippen LogP contribution in [0, 0.1) is 46.3 Å². The molecule has 3 nitrogen and oxygen atoms in total. The number of hydrogen-bond donors (Lipinski definition) is 2. The molecule has 4 rings (SSSR count). The Balaban J connectivity index is 1.62. The van der Waals surface area contributed by atoms with Crippen LogP contribution < -0.4 is 0 Å². The lowest BCUT2D eigenvalue weighted by Crippen LogP contribution is -2.64. The van der Waals surface area contributed by atoms with Gasteiger partial charge in [-0.1, -0.05) is 59.3 Å². The Bertz CT molecular complexity index is 781. The minimum Gasteiger partial charge on any atom is -0.393 e. The maximum atomic E-state index is 13.3. The molecule has 0 heterocycles. The molecular weight excluding hydrogens is 384 g/mol. The van der Waals surface area contributed by atoms with Crippen molar-refractivity contribution in [3.05, 3.63) is 23.8 Å². The molecule has 174 valence electrons. The normalized spacial score (nSPS) is 47.0. The quantitative estimate of drug-likeness (QED) is 0.564. The Morgan fingerprint density at radius 1 is 1.00 bits per heavy atom. The van der Waals surface area contributed by atoms with Crippen LogP contribution in [0.1, 0.15) is 86.5 Å². The summed E-state index contributed by atoms with van der Waals surface area (Å²) in [5, 5.41) is 21.7. The highest BCUT2D eigenvalue weighted by Crippen LogP contribution is 2.67. The second kappa shape index (κ2) is 7.83. The van der Waals surface area contributed by atoms with Crippen LogP contribution in [0.25, 0.3) is 0 Å². The number of ketones is 1. The fraction of sp³-hybridized carbons (Fsp3) is 0.821. The minimum absolute atomic E-state index is 0.147. The van der Waals surface area contributed by atoms with E-state index in [0.29, 0.717) is 36.0 Å². The molecule has 3 fully saturated rings. The van der Waals surface area contributed by atoms with Crippen molar-refractivity contribution in [2.75, 3.05) is 0 Å². The smallest absolute Gasteiger partial charge is 0.187 e. The van der Waals surface area contributed by atoms with E-state index in [4.69, 9.17) is 0 Å². The molecule has 0 aromatic carbocycles. The maximum absolute atomic E-state index is 13.3. The number of rotatable bonds is 4. The summed E-state index contributed by atoms with van der Waals surface area (Å²) < 4.78 is 0. The van der Waals surface area contributed by atoms with E-state index in [1.165, 1.54) is 18.4 Å². The van der Waals surface area contributed by atoms with Crippen LogP contribution in [-0.4, -0.2) is 27.7 Å². The Labute approximate surface area is 189 Å². The SMILES string of the molecule is CC(C)[C@@H](C)/C=C/[C@@H](C)C1CCC2C3=CC(=O)C4(O)CC(O)CC[C@@]4(C)C3CCC21C. The molecule has 0 aromatic rings. The zero-order valence-corrected chi connectivity index (χ0v) is 20.5. The lowest BCUT2D eigenvalue weighted by Gasteiger charge is -2.59. The number of aliphatic hydroxyl groups excluding tert-OH is 1. The zero-order valence-electron chi connectivity index (χ0n) is 20.5. The Morgan fingerprint density at radius 2 is 1.71 bits per heavy atom. The van der Waals surface area contributed by atoms with E-state index < -0.39 is 17.1 Å². The molecule has 0 bridgehead atoms. The number of aliphatic hydroxyl groups is 2. The fourth-order valence-corrected chi connectivity index (χ4v) is 7.96. The van der Waals surface area contributed by atoms with Crippen LogP contribution in [0.5, 0.6) is 0 Å². The predicted molar refractivity (Wildman–Crippen MR) is 125 cm³/mol. The molecule has 0 aliphatic heterocycles. The molecule has 9 atom stereocenters. The molecule has 3 saturated carbocycles. The number of carbonyl (C=O) groups is 1. The van der Waals surface area contributed by atoms with Gasteiger partial charge in [-0.2, -0.15) is 0 Å². The van der Waals surface area contributed by atoms with E-state index >= 15 is 0 Å². The third kappa shape index (κ3) is 3.41. The molecule has 2 N–H and O–H groups in total. The van der Waals surface area contributed by atoms with Gasteiger partial charge in [-0.3, -0.25) is 4.79 Å².